The Labute approximate surface area is 508 Å². The van der Waals surface area contributed by atoms with Crippen LogP contribution < -0.4 is 0 Å². The molecular formula is C76H130O6. The lowest BCUT2D eigenvalue weighted by atomic mass is 10.0. The van der Waals surface area contributed by atoms with Gasteiger partial charge < -0.3 is 14.2 Å². The number of rotatable bonds is 63. The molecule has 82 heavy (non-hydrogen) atoms. The van der Waals surface area contributed by atoms with E-state index in [1.54, 1.807) is 0 Å². The van der Waals surface area contributed by atoms with E-state index in [9.17, 15) is 14.4 Å². The molecule has 0 saturated heterocycles. The number of hydrogen-bond acceptors (Lipinski definition) is 6. The van der Waals surface area contributed by atoms with Gasteiger partial charge in [-0.3, -0.25) is 14.4 Å². The molecule has 0 radical (unpaired) electrons. The lowest BCUT2D eigenvalue weighted by molar-refractivity contribution is -0.167. The van der Waals surface area contributed by atoms with Crippen molar-refractivity contribution in [3.8, 4) is 0 Å². The van der Waals surface area contributed by atoms with E-state index in [-0.39, 0.29) is 31.1 Å². The van der Waals surface area contributed by atoms with E-state index in [0.29, 0.717) is 19.3 Å². The molecule has 0 aliphatic carbocycles. The molecule has 0 aromatic heterocycles. The number of carbonyl (C=O) groups is 3. The van der Waals surface area contributed by atoms with Crippen molar-refractivity contribution in [3.05, 3.63) is 109 Å². The molecule has 1 atom stereocenters. The second kappa shape index (κ2) is 69.6. The van der Waals surface area contributed by atoms with Gasteiger partial charge in [-0.05, 0) is 109 Å². The third-order valence-electron chi connectivity index (χ3n) is 15.0. The maximum absolute atomic E-state index is 12.9. The summed E-state index contributed by atoms with van der Waals surface area (Å²) in [5.41, 5.74) is 0. The number of esters is 3. The number of ether oxygens (including phenoxy) is 3. The van der Waals surface area contributed by atoms with Crippen molar-refractivity contribution in [1.29, 1.82) is 0 Å². The number of hydrogen-bond donors (Lipinski definition) is 0. The van der Waals surface area contributed by atoms with Gasteiger partial charge in [0.05, 0.1) is 0 Å². The average Bonchev–Trinajstić information content (AvgIpc) is 3.47. The van der Waals surface area contributed by atoms with Crippen LogP contribution in [0.5, 0.6) is 0 Å². The van der Waals surface area contributed by atoms with Gasteiger partial charge in [-0.2, -0.15) is 0 Å². The molecule has 6 heteroatoms. The maximum Gasteiger partial charge on any atom is 0.306 e. The van der Waals surface area contributed by atoms with Crippen molar-refractivity contribution in [2.45, 2.75) is 341 Å². The maximum atomic E-state index is 12.9. The molecule has 0 aromatic carbocycles. The van der Waals surface area contributed by atoms with E-state index in [1.807, 2.05) is 0 Å². The van der Waals surface area contributed by atoms with Gasteiger partial charge in [0.2, 0.25) is 0 Å². The highest BCUT2D eigenvalue weighted by atomic mass is 16.6. The molecule has 0 aromatic rings. The van der Waals surface area contributed by atoms with Crippen LogP contribution in [0.2, 0.25) is 0 Å². The highest BCUT2D eigenvalue weighted by Crippen LogP contribution is 2.17. The van der Waals surface area contributed by atoms with Gasteiger partial charge in [0, 0.05) is 19.3 Å². The highest BCUT2D eigenvalue weighted by Gasteiger charge is 2.19. The zero-order chi connectivity index (χ0) is 59.2. The first-order valence-electron chi connectivity index (χ1n) is 34.9. The molecule has 0 spiro atoms. The van der Waals surface area contributed by atoms with E-state index < -0.39 is 6.10 Å². The summed E-state index contributed by atoms with van der Waals surface area (Å²) >= 11 is 0. The first-order chi connectivity index (χ1) is 40.5. The largest absolute Gasteiger partial charge is 0.462 e. The molecule has 0 aliphatic heterocycles. The Hall–Kier alpha value is -3.93. The van der Waals surface area contributed by atoms with Gasteiger partial charge in [0.15, 0.2) is 6.10 Å². The fraction of sp³-hybridized carbons (Fsp3) is 0.724. The van der Waals surface area contributed by atoms with E-state index in [2.05, 4.69) is 130 Å². The van der Waals surface area contributed by atoms with Gasteiger partial charge in [-0.15, -0.1) is 0 Å². The third-order valence-corrected chi connectivity index (χ3v) is 15.0. The van der Waals surface area contributed by atoms with Crippen LogP contribution in [-0.2, 0) is 28.6 Å². The van der Waals surface area contributed by atoms with Gasteiger partial charge in [-0.1, -0.05) is 316 Å². The molecule has 0 rings (SSSR count). The Morgan fingerprint density at radius 3 is 0.744 bits per heavy atom. The normalized spacial score (nSPS) is 12.8. The highest BCUT2D eigenvalue weighted by molar-refractivity contribution is 5.71. The van der Waals surface area contributed by atoms with Crippen LogP contribution in [0.25, 0.3) is 0 Å². The molecule has 0 bridgehead atoms. The van der Waals surface area contributed by atoms with Crippen LogP contribution in [0.1, 0.15) is 335 Å². The number of carbonyl (C=O) groups excluding carboxylic acids is 3. The zero-order valence-electron chi connectivity index (χ0n) is 54.0. The Kier molecular flexibility index (Phi) is 66.2. The summed E-state index contributed by atoms with van der Waals surface area (Å²) in [7, 11) is 0. The smallest absolute Gasteiger partial charge is 0.306 e. The molecule has 0 saturated carbocycles. The second-order valence-corrected chi connectivity index (χ2v) is 23.1. The van der Waals surface area contributed by atoms with Gasteiger partial charge >= 0.3 is 17.9 Å². The summed E-state index contributed by atoms with van der Waals surface area (Å²) in [6, 6.07) is 0. The van der Waals surface area contributed by atoms with Gasteiger partial charge in [0.1, 0.15) is 13.2 Å². The van der Waals surface area contributed by atoms with Crippen LogP contribution in [0.15, 0.2) is 109 Å². The first-order valence-corrected chi connectivity index (χ1v) is 34.9. The van der Waals surface area contributed by atoms with Crippen molar-refractivity contribution < 1.29 is 28.6 Å². The molecule has 6 nitrogen and oxygen atoms in total. The minimum absolute atomic E-state index is 0.0768. The van der Waals surface area contributed by atoms with Crippen LogP contribution in [0.4, 0.5) is 0 Å². The molecule has 1 unspecified atom stereocenters. The van der Waals surface area contributed by atoms with Crippen molar-refractivity contribution in [2.24, 2.45) is 0 Å². The zero-order valence-corrected chi connectivity index (χ0v) is 54.0. The Bertz CT molecular complexity index is 1640. The third kappa shape index (κ3) is 66.9. The van der Waals surface area contributed by atoms with Crippen LogP contribution in [-0.4, -0.2) is 37.2 Å². The minimum atomic E-state index is -0.777. The Morgan fingerprint density at radius 2 is 0.476 bits per heavy atom. The fourth-order valence-corrected chi connectivity index (χ4v) is 9.81. The molecule has 0 heterocycles. The SMILES string of the molecule is CC/C=C\C/C=C\C/C=C\C/C=C\C/C=C\C/C=C\C/C=C\CCCCCCCCCCCCCC(=O)OCC(COC(=O)CCCCCCCC)OC(=O)CCCCCCCCCCCCCCC/C=C\C/C=C\CCCCCCC. The summed E-state index contributed by atoms with van der Waals surface area (Å²) in [5.74, 6) is -0.879. The standard InChI is InChI=1S/C76H130O6/c1-4-7-10-13-16-18-20-22-24-26-28-30-32-34-35-36-37-38-39-40-41-43-44-46-48-50-52-54-56-58-60-63-66-69-75(78)81-72-73(71-80-74(77)68-65-62-15-12-9-6-3)82-76(79)70-67-64-61-59-57-55-53-51-49-47-45-42-33-31-29-27-25-23-21-19-17-14-11-8-5-2/h7,10,16,18,21-24,27-30,34-35,37-38,40-41,73H,4-6,8-9,11-15,17,19-20,25-26,31-33,36,39,42-72H2,1-3H3/b10-7-,18-16-,23-21-,24-22-,29-27-,30-28-,35-34-,38-37-,41-40-. The van der Waals surface area contributed by atoms with Crippen molar-refractivity contribution >= 4 is 17.9 Å². The number of allylic oxidation sites excluding steroid dienone is 18. The predicted octanol–water partition coefficient (Wildman–Crippen LogP) is 24.2. The van der Waals surface area contributed by atoms with E-state index in [0.717, 1.165) is 109 Å². The topological polar surface area (TPSA) is 78.9 Å². The van der Waals surface area contributed by atoms with E-state index in [1.165, 1.54) is 186 Å². The first kappa shape index (κ1) is 78.1. The summed E-state index contributed by atoms with van der Waals surface area (Å²) in [5, 5.41) is 0. The number of unbranched alkanes of at least 4 members (excludes halogenated alkanes) is 34. The van der Waals surface area contributed by atoms with Crippen LogP contribution in [0.3, 0.4) is 0 Å². The lowest BCUT2D eigenvalue weighted by Gasteiger charge is -2.18. The van der Waals surface area contributed by atoms with Crippen molar-refractivity contribution in [3.63, 3.8) is 0 Å². The van der Waals surface area contributed by atoms with E-state index in [4.69, 9.17) is 14.2 Å². The van der Waals surface area contributed by atoms with Crippen molar-refractivity contribution in [1.82, 2.24) is 0 Å². The quantitative estimate of drug-likeness (QED) is 0.0261. The molecular weight excluding hydrogens is 1010 g/mol. The minimum Gasteiger partial charge on any atom is -0.462 e. The molecule has 0 aliphatic rings. The van der Waals surface area contributed by atoms with E-state index >= 15 is 0 Å². The molecule has 0 amide bonds. The lowest BCUT2D eigenvalue weighted by Crippen LogP contribution is -2.30. The molecule has 0 fully saturated rings. The fourth-order valence-electron chi connectivity index (χ4n) is 9.81. The second-order valence-electron chi connectivity index (χ2n) is 23.1. The average molecular weight is 1140 g/mol. The molecule has 470 valence electrons. The Morgan fingerprint density at radius 1 is 0.256 bits per heavy atom. The summed E-state index contributed by atoms with van der Waals surface area (Å²) < 4.78 is 16.8. The van der Waals surface area contributed by atoms with Crippen LogP contribution in [0, 0.1) is 0 Å². The summed E-state index contributed by atoms with van der Waals surface area (Å²) in [4.78, 5) is 38.1. The summed E-state index contributed by atoms with van der Waals surface area (Å²) in [6.45, 7) is 6.48. The monoisotopic (exact) mass is 1140 g/mol. The predicted molar refractivity (Wildman–Crippen MR) is 357 cm³/mol. The summed E-state index contributed by atoms with van der Waals surface area (Å²) in [6.07, 6.45) is 95.8. The van der Waals surface area contributed by atoms with Crippen LogP contribution >= 0.6 is 0 Å². The molecule has 0 N–H and O–H groups in total. The van der Waals surface area contributed by atoms with Gasteiger partial charge in [0.25, 0.3) is 0 Å². The van der Waals surface area contributed by atoms with Gasteiger partial charge in [-0.25, -0.2) is 0 Å². The van der Waals surface area contributed by atoms with Crippen molar-refractivity contribution in [2.75, 3.05) is 13.2 Å². The Balaban J connectivity index is 4.05.